The molecule has 8 heteroatoms. The number of halogens is 2. The van der Waals surface area contributed by atoms with Gasteiger partial charge in [-0.3, -0.25) is 9.69 Å². The fourth-order valence-electron chi connectivity index (χ4n) is 4.57. The SMILES string of the molecule is CC(C)c1snnc1C(=O)NC1CC2(CCN(Cc3cc(F)ccc3F)CC2)C1. The molecule has 0 atom stereocenters. The zero-order valence-electron chi connectivity index (χ0n) is 16.8. The van der Waals surface area contributed by atoms with Gasteiger partial charge in [0.05, 0.1) is 4.88 Å². The van der Waals surface area contributed by atoms with Crippen LogP contribution in [0, 0.1) is 17.0 Å². The summed E-state index contributed by atoms with van der Waals surface area (Å²) in [5.74, 6) is -0.643. The standard InChI is InChI=1S/C21H26F2N4OS/c1-13(2)19-18(25-26-29-19)20(28)24-16-10-21(11-16)5-7-27(8-6-21)12-14-9-15(22)3-4-17(14)23/h3-4,9,13,16H,5-8,10-12H2,1-2H3,(H,24,28). The first-order valence-corrected chi connectivity index (χ1v) is 10.9. The van der Waals surface area contributed by atoms with E-state index in [-0.39, 0.29) is 29.1 Å². The number of carbonyl (C=O) groups is 1. The van der Waals surface area contributed by atoms with Gasteiger partial charge in [0.1, 0.15) is 11.6 Å². The summed E-state index contributed by atoms with van der Waals surface area (Å²) in [5.41, 5.74) is 1.13. The molecule has 1 aromatic heterocycles. The van der Waals surface area contributed by atoms with Crippen molar-refractivity contribution >= 4 is 17.4 Å². The predicted octanol–water partition coefficient (Wildman–Crippen LogP) is 4.11. The monoisotopic (exact) mass is 420 g/mol. The van der Waals surface area contributed by atoms with Gasteiger partial charge in [-0.25, -0.2) is 8.78 Å². The van der Waals surface area contributed by atoms with E-state index in [0.29, 0.717) is 17.8 Å². The Labute approximate surface area is 173 Å². The summed E-state index contributed by atoms with van der Waals surface area (Å²) >= 11 is 1.29. The Morgan fingerprint density at radius 3 is 2.72 bits per heavy atom. The minimum atomic E-state index is -0.400. The molecule has 2 heterocycles. The average Bonchev–Trinajstić information content (AvgIpc) is 3.15. The van der Waals surface area contributed by atoms with Gasteiger partial charge in [-0.15, -0.1) is 5.10 Å². The predicted molar refractivity (Wildman–Crippen MR) is 108 cm³/mol. The number of likely N-dealkylation sites (tertiary alicyclic amines) is 1. The molecule has 2 aliphatic rings. The Morgan fingerprint density at radius 2 is 2.03 bits per heavy atom. The van der Waals surface area contributed by atoms with Crippen LogP contribution in [-0.2, 0) is 6.54 Å². The molecule has 29 heavy (non-hydrogen) atoms. The summed E-state index contributed by atoms with van der Waals surface area (Å²) in [4.78, 5) is 15.6. The first-order valence-electron chi connectivity index (χ1n) is 10.1. The van der Waals surface area contributed by atoms with Crippen LogP contribution in [-0.4, -0.2) is 39.5 Å². The number of hydrogen-bond donors (Lipinski definition) is 1. The van der Waals surface area contributed by atoms with Crippen molar-refractivity contribution in [3.05, 3.63) is 46.0 Å². The van der Waals surface area contributed by atoms with Crippen LogP contribution < -0.4 is 5.32 Å². The van der Waals surface area contributed by atoms with Gasteiger partial charge >= 0.3 is 0 Å². The van der Waals surface area contributed by atoms with Crippen molar-refractivity contribution in [3.63, 3.8) is 0 Å². The van der Waals surface area contributed by atoms with Gasteiger partial charge < -0.3 is 5.32 Å². The number of nitrogens with zero attached hydrogens (tertiary/aromatic N) is 3. The van der Waals surface area contributed by atoms with Crippen molar-refractivity contribution in [1.82, 2.24) is 19.8 Å². The van der Waals surface area contributed by atoms with Gasteiger partial charge in [0.25, 0.3) is 5.91 Å². The maximum atomic E-state index is 13.9. The quantitative estimate of drug-likeness (QED) is 0.791. The Balaban J connectivity index is 1.26. The van der Waals surface area contributed by atoms with E-state index >= 15 is 0 Å². The van der Waals surface area contributed by atoms with Gasteiger partial charge in [-0.1, -0.05) is 18.3 Å². The number of benzene rings is 1. The lowest BCUT2D eigenvalue weighted by Crippen LogP contribution is -2.54. The van der Waals surface area contributed by atoms with Gasteiger partial charge in [0.15, 0.2) is 5.69 Å². The summed E-state index contributed by atoms with van der Waals surface area (Å²) in [6.45, 7) is 6.24. The van der Waals surface area contributed by atoms with Gasteiger partial charge in [0.2, 0.25) is 0 Å². The van der Waals surface area contributed by atoms with E-state index in [4.69, 9.17) is 0 Å². The second-order valence-electron chi connectivity index (χ2n) is 8.73. The van der Waals surface area contributed by atoms with E-state index in [1.807, 2.05) is 13.8 Å². The van der Waals surface area contributed by atoms with Crippen LogP contribution in [0.3, 0.4) is 0 Å². The number of piperidine rings is 1. The molecular formula is C21H26F2N4OS. The van der Waals surface area contributed by atoms with Gasteiger partial charge in [-0.2, -0.15) is 0 Å². The van der Waals surface area contributed by atoms with Crippen LogP contribution in [0.25, 0.3) is 0 Å². The average molecular weight is 421 g/mol. The van der Waals surface area contributed by atoms with Crippen LogP contribution in [0.4, 0.5) is 8.78 Å². The number of aromatic nitrogens is 2. The Morgan fingerprint density at radius 1 is 1.31 bits per heavy atom. The number of carbonyl (C=O) groups excluding carboxylic acids is 1. The van der Waals surface area contributed by atoms with Gasteiger partial charge in [0, 0.05) is 18.2 Å². The van der Waals surface area contributed by atoms with E-state index in [2.05, 4.69) is 19.8 Å². The molecule has 1 saturated heterocycles. The third-order valence-electron chi connectivity index (χ3n) is 6.27. The number of rotatable bonds is 5. The largest absolute Gasteiger partial charge is 0.348 e. The lowest BCUT2D eigenvalue weighted by atomic mass is 9.60. The molecule has 1 aromatic carbocycles. The number of amides is 1. The van der Waals surface area contributed by atoms with Crippen molar-refractivity contribution in [2.45, 2.75) is 58.0 Å². The minimum Gasteiger partial charge on any atom is -0.348 e. The molecule has 4 rings (SSSR count). The molecule has 1 saturated carbocycles. The van der Waals surface area contributed by atoms with Crippen molar-refractivity contribution < 1.29 is 13.6 Å². The van der Waals surface area contributed by atoms with Crippen LogP contribution in [0.5, 0.6) is 0 Å². The molecular weight excluding hydrogens is 394 g/mol. The zero-order chi connectivity index (χ0) is 20.6. The maximum absolute atomic E-state index is 13.9. The molecule has 156 valence electrons. The summed E-state index contributed by atoms with van der Waals surface area (Å²) in [5, 5.41) is 7.12. The zero-order valence-corrected chi connectivity index (χ0v) is 17.6. The van der Waals surface area contributed by atoms with Gasteiger partial charge in [-0.05, 0) is 79.8 Å². The highest BCUT2D eigenvalue weighted by atomic mass is 32.1. The normalized spacial score (nSPS) is 19.5. The van der Waals surface area contributed by atoms with E-state index in [9.17, 15) is 13.6 Å². The minimum absolute atomic E-state index is 0.124. The van der Waals surface area contributed by atoms with E-state index in [1.54, 1.807) is 0 Å². The highest BCUT2D eigenvalue weighted by Gasteiger charge is 2.46. The first kappa shape index (κ1) is 20.3. The van der Waals surface area contributed by atoms with E-state index in [1.165, 1.54) is 23.7 Å². The summed E-state index contributed by atoms with van der Waals surface area (Å²) in [6, 6.07) is 3.81. The molecule has 1 N–H and O–H groups in total. The Kier molecular flexibility index (Phi) is 5.66. The van der Waals surface area contributed by atoms with Crippen LogP contribution in [0.1, 0.15) is 66.4 Å². The molecule has 0 bridgehead atoms. The van der Waals surface area contributed by atoms with Crippen LogP contribution in [0.15, 0.2) is 18.2 Å². The second-order valence-corrected chi connectivity index (χ2v) is 9.52. The molecule has 1 aliphatic carbocycles. The molecule has 1 aliphatic heterocycles. The third-order valence-corrected chi connectivity index (χ3v) is 7.29. The molecule has 0 unspecified atom stereocenters. The van der Waals surface area contributed by atoms with E-state index in [0.717, 1.165) is 49.7 Å². The third kappa shape index (κ3) is 4.33. The maximum Gasteiger partial charge on any atom is 0.273 e. The fourth-order valence-corrected chi connectivity index (χ4v) is 5.22. The topological polar surface area (TPSA) is 58.1 Å². The lowest BCUT2D eigenvalue weighted by molar-refractivity contribution is 0.00433. The highest BCUT2D eigenvalue weighted by Crippen LogP contribution is 2.49. The lowest BCUT2D eigenvalue weighted by Gasteiger charge is -2.52. The molecule has 1 spiro atoms. The summed E-state index contributed by atoms with van der Waals surface area (Å²) in [7, 11) is 0. The molecule has 5 nitrogen and oxygen atoms in total. The van der Waals surface area contributed by atoms with Crippen LogP contribution in [0.2, 0.25) is 0 Å². The summed E-state index contributed by atoms with van der Waals surface area (Å²) < 4.78 is 31.2. The number of nitrogens with one attached hydrogen (secondary N) is 1. The van der Waals surface area contributed by atoms with Crippen molar-refractivity contribution in [2.75, 3.05) is 13.1 Å². The molecule has 1 amide bonds. The van der Waals surface area contributed by atoms with Crippen molar-refractivity contribution in [2.24, 2.45) is 5.41 Å². The van der Waals surface area contributed by atoms with Crippen LogP contribution >= 0.6 is 11.5 Å². The van der Waals surface area contributed by atoms with E-state index < -0.39 is 5.82 Å². The Bertz CT molecular complexity index is 885. The first-order chi connectivity index (χ1) is 13.8. The number of hydrogen-bond acceptors (Lipinski definition) is 5. The molecule has 2 aromatic rings. The molecule has 2 fully saturated rings. The van der Waals surface area contributed by atoms with Crippen molar-refractivity contribution in [1.29, 1.82) is 0 Å². The Hall–Kier alpha value is -1.93. The summed E-state index contributed by atoms with van der Waals surface area (Å²) in [6.07, 6.45) is 3.97. The van der Waals surface area contributed by atoms with Crippen molar-refractivity contribution in [3.8, 4) is 0 Å². The second kappa shape index (κ2) is 8.07. The fraction of sp³-hybridized carbons (Fsp3) is 0.571. The highest BCUT2D eigenvalue weighted by molar-refractivity contribution is 7.05. The molecule has 0 radical (unpaired) electrons. The smallest absolute Gasteiger partial charge is 0.273 e.